The summed E-state index contributed by atoms with van der Waals surface area (Å²) in [6.07, 6.45) is -3.07. The van der Waals surface area contributed by atoms with Gasteiger partial charge in [-0.1, -0.05) is 12.1 Å². The van der Waals surface area contributed by atoms with Gasteiger partial charge >= 0.3 is 6.18 Å². The fourth-order valence-corrected chi connectivity index (χ4v) is 2.99. The van der Waals surface area contributed by atoms with E-state index >= 15 is 0 Å². The zero-order valence-electron chi connectivity index (χ0n) is 13.9. The summed E-state index contributed by atoms with van der Waals surface area (Å²) in [6, 6.07) is 6.80. The van der Waals surface area contributed by atoms with Gasteiger partial charge < -0.3 is 9.80 Å². The number of rotatable bonds is 3. The van der Waals surface area contributed by atoms with Gasteiger partial charge in [-0.3, -0.25) is 0 Å². The van der Waals surface area contributed by atoms with Gasteiger partial charge in [0.15, 0.2) is 5.69 Å². The Morgan fingerprint density at radius 2 is 1.92 bits per heavy atom. The van der Waals surface area contributed by atoms with Crippen LogP contribution in [0.15, 0.2) is 30.3 Å². The van der Waals surface area contributed by atoms with Crippen molar-refractivity contribution in [2.45, 2.75) is 25.1 Å². The number of benzene rings is 1. The first-order valence-corrected chi connectivity index (χ1v) is 7.91. The number of aromatic nitrogens is 2. The van der Waals surface area contributed by atoms with E-state index in [1.807, 2.05) is 0 Å². The number of hydrogen-bond acceptors (Lipinski definition) is 4. The standard InChI is InChI=1S/C17H18F4N4/c1-24(2)15-10-14(17(19,20)21)22-16(23-15)25-8-4-7-13(25)11-5-3-6-12(18)9-11/h3,5-6,9-10,13H,4,7-8H2,1-2H3/t13-/m0/s1. The Kier molecular flexibility index (Phi) is 4.53. The molecule has 0 spiro atoms. The summed E-state index contributed by atoms with van der Waals surface area (Å²) in [4.78, 5) is 11.2. The average molecular weight is 354 g/mol. The van der Waals surface area contributed by atoms with Gasteiger partial charge in [-0.05, 0) is 30.5 Å². The molecule has 134 valence electrons. The highest BCUT2D eigenvalue weighted by atomic mass is 19.4. The first-order chi connectivity index (χ1) is 11.8. The Hall–Kier alpha value is -2.38. The number of nitrogens with zero attached hydrogens (tertiary/aromatic N) is 4. The molecule has 0 N–H and O–H groups in total. The van der Waals surface area contributed by atoms with Gasteiger partial charge in [0.05, 0.1) is 6.04 Å². The van der Waals surface area contributed by atoms with E-state index in [1.54, 1.807) is 31.1 Å². The van der Waals surface area contributed by atoms with E-state index in [9.17, 15) is 17.6 Å². The second-order valence-corrected chi connectivity index (χ2v) is 6.21. The first kappa shape index (κ1) is 17.4. The van der Waals surface area contributed by atoms with Crippen LogP contribution in [0.25, 0.3) is 0 Å². The molecular formula is C17H18F4N4. The molecule has 0 aliphatic carbocycles. The van der Waals surface area contributed by atoms with Crippen LogP contribution in [0.1, 0.15) is 30.1 Å². The van der Waals surface area contributed by atoms with E-state index in [0.717, 1.165) is 12.5 Å². The minimum Gasteiger partial charge on any atom is -0.363 e. The van der Waals surface area contributed by atoms with Crippen molar-refractivity contribution in [2.24, 2.45) is 0 Å². The third-order valence-electron chi connectivity index (χ3n) is 4.19. The third kappa shape index (κ3) is 3.67. The lowest BCUT2D eigenvalue weighted by atomic mass is 10.0. The summed E-state index contributed by atoms with van der Waals surface area (Å²) in [5.74, 6) is -0.171. The normalized spacial score (nSPS) is 17.8. The molecule has 1 aromatic carbocycles. The predicted octanol–water partition coefficient (Wildman–Crippen LogP) is 4.04. The fraction of sp³-hybridized carbons (Fsp3) is 0.412. The lowest BCUT2D eigenvalue weighted by molar-refractivity contribution is -0.141. The van der Waals surface area contributed by atoms with Gasteiger partial charge in [0.1, 0.15) is 11.6 Å². The molecular weight excluding hydrogens is 336 g/mol. The fourth-order valence-electron chi connectivity index (χ4n) is 2.99. The van der Waals surface area contributed by atoms with E-state index < -0.39 is 11.9 Å². The summed E-state index contributed by atoms with van der Waals surface area (Å²) in [7, 11) is 3.25. The van der Waals surface area contributed by atoms with E-state index in [1.165, 1.54) is 17.0 Å². The van der Waals surface area contributed by atoms with Crippen LogP contribution in [0.5, 0.6) is 0 Å². The Bertz CT molecular complexity index is 761. The molecule has 3 rings (SSSR count). The van der Waals surface area contributed by atoms with Gasteiger partial charge in [0, 0.05) is 26.7 Å². The first-order valence-electron chi connectivity index (χ1n) is 7.91. The highest BCUT2D eigenvalue weighted by Crippen LogP contribution is 2.37. The molecule has 0 amide bonds. The lowest BCUT2D eigenvalue weighted by Crippen LogP contribution is -2.27. The zero-order chi connectivity index (χ0) is 18.2. The molecule has 0 bridgehead atoms. The summed E-state index contributed by atoms with van der Waals surface area (Å²) in [5, 5.41) is 0. The topological polar surface area (TPSA) is 32.3 Å². The van der Waals surface area contributed by atoms with Crippen molar-refractivity contribution in [2.75, 3.05) is 30.4 Å². The number of anilines is 2. The Balaban J connectivity index is 2.03. The molecule has 1 atom stereocenters. The van der Waals surface area contributed by atoms with E-state index in [0.29, 0.717) is 18.5 Å². The monoisotopic (exact) mass is 354 g/mol. The molecule has 0 unspecified atom stereocenters. The van der Waals surface area contributed by atoms with Crippen LogP contribution in [0, 0.1) is 5.82 Å². The molecule has 1 aliphatic heterocycles. The molecule has 1 fully saturated rings. The maximum Gasteiger partial charge on any atom is 0.433 e. The summed E-state index contributed by atoms with van der Waals surface area (Å²) in [6.45, 7) is 0.523. The van der Waals surface area contributed by atoms with Gasteiger partial charge in [-0.15, -0.1) is 0 Å². The average Bonchev–Trinajstić information content (AvgIpc) is 3.03. The number of halogens is 4. The van der Waals surface area contributed by atoms with Crippen LogP contribution in [-0.2, 0) is 6.18 Å². The highest BCUT2D eigenvalue weighted by molar-refractivity contribution is 5.48. The minimum absolute atomic E-state index is 0.0188. The van der Waals surface area contributed by atoms with Crippen LogP contribution < -0.4 is 9.80 Å². The van der Waals surface area contributed by atoms with Crippen molar-refractivity contribution in [3.63, 3.8) is 0 Å². The van der Waals surface area contributed by atoms with Gasteiger partial charge in [-0.25, -0.2) is 9.37 Å². The Labute approximate surface area is 143 Å². The number of alkyl halides is 3. The van der Waals surface area contributed by atoms with Gasteiger partial charge in [-0.2, -0.15) is 18.2 Å². The lowest BCUT2D eigenvalue weighted by Gasteiger charge is -2.27. The second-order valence-electron chi connectivity index (χ2n) is 6.21. The van der Waals surface area contributed by atoms with Crippen LogP contribution in [0.4, 0.5) is 29.3 Å². The Morgan fingerprint density at radius 3 is 2.56 bits per heavy atom. The molecule has 0 radical (unpaired) electrons. The largest absolute Gasteiger partial charge is 0.433 e. The molecule has 1 aromatic heterocycles. The smallest absolute Gasteiger partial charge is 0.363 e. The van der Waals surface area contributed by atoms with Gasteiger partial charge in [0.2, 0.25) is 5.95 Å². The van der Waals surface area contributed by atoms with Crippen LogP contribution >= 0.6 is 0 Å². The molecule has 8 heteroatoms. The van der Waals surface area contributed by atoms with E-state index in [-0.39, 0.29) is 23.6 Å². The van der Waals surface area contributed by atoms with Crippen LogP contribution in [-0.4, -0.2) is 30.6 Å². The van der Waals surface area contributed by atoms with E-state index in [2.05, 4.69) is 9.97 Å². The van der Waals surface area contributed by atoms with Crippen molar-refractivity contribution in [3.8, 4) is 0 Å². The quantitative estimate of drug-likeness (QED) is 0.779. The molecule has 1 aliphatic rings. The summed E-state index contributed by atoms with van der Waals surface area (Å²) >= 11 is 0. The molecule has 1 saturated heterocycles. The van der Waals surface area contributed by atoms with Crippen LogP contribution in [0.2, 0.25) is 0 Å². The SMILES string of the molecule is CN(C)c1cc(C(F)(F)F)nc(N2CCC[C@H]2c2cccc(F)c2)n1. The van der Waals surface area contributed by atoms with Crippen molar-refractivity contribution < 1.29 is 17.6 Å². The van der Waals surface area contributed by atoms with Crippen molar-refractivity contribution in [1.82, 2.24) is 9.97 Å². The van der Waals surface area contributed by atoms with Gasteiger partial charge in [0.25, 0.3) is 0 Å². The highest BCUT2D eigenvalue weighted by Gasteiger charge is 2.36. The molecule has 0 saturated carbocycles. The van der Waals surface area contributed by atoms with Crippen molar-refractivity contribution in [1.29, 1.82) is 0 Å². The maximum atomic E-state index is 13.5. The molecule has 2 aromatic rings. The maximum absolute atomic E-state index is 13.5. The zero-order valence-corrected chi connectivity index (χ0v) is 13.9. The summed E-state index contributed by atoms with van der Waals surface area (Å²) < 4.78 is 53.1. The third-order valence-corrected chi connectivity index (χ3v) is 4.19. The second kappa shape index (κ2) is 6.50. The van der Waals surface area contributed by atoms with E-state index in [4.69, 9.17) is 0 Å². The molecule has 25 heavy (non-hydrogen) atoms. The van der Waals surface area contributed by atoms with Crippen molar-refractivity contribution >= 4 is 11.8 Å². The molecule has 4 nitrogen and oxygen atoms in total. The summed E-state index contributed by atoms with van der Waals surface area (Å²) in [5.41, 5.74) is -0.268. The molecule has 2 heterocycles. The number of hydrogen-bond donors (Lipinski definition) is 0. The van der Waals surface area contributed by atoms with Crippen LogP contribution in [0.3, 0.4) is 0 Å². The predicted molar refractivity (Wildman–Crippen MR) is 87.1 cm³/mol. The minimum atomic E-state index is -4.56. The Morgan fingerprint density at radius 1 is 1.16 bits per heavy atom. The van der Waals surface area contributed by atoms with Crippen molar-refractivity contribution in [3.05, 3.63) is 47.4 Å².